The van der Waals surface area contributed by atoms with E-state index in [-0.39, 0.29) is 5.91 Å². The van der Waals surface area contributed by atoms with E-state index in [0.29, 0.717) is 12.1 Å². The molecule has 18 heavy (non-hydrogen) atoms. The maximum Gasteiger partial charge on any atom is 0.253 e. The van der Waals surface area contributed by atoms with E-state index in [1.807, 2.05) is 25.1 Å². The Morgan fingerprint density at radius 1 is 1.33 bits per heavy atom. The molecule has 0 radical (unpaired) electrons. The second-order valence-electron chi connectivity index (χ2n) is 4.04. The highest BCUT2D eigenvalue weighted by Gasteiger charge is 2.05. The van der Waals surface area contributed by atoms with Gasteiger partial charge < -0.3 is 5.32 Å². The fourth-order valence-corrected chi connectivity index (χ4v) is 1.85. The molecular formula is C14H13BrN2O. The Hall–Kier alpha value is -1.68. The number of pyridine rings is 1. The number of hydrogen-bond acceptors (Lipinski definition) is 2. The molecule has 0 saturated carbocycles. The normalized spacial score (nSPS) is 10.1. The third-order valence-electron chi connectivity index (χ3n) is 2.53. The number of carbonyl (C=O) groups is 1. The van der Waals surface area contributed by atoms with Crippen molar-refractivity contribution in [3.63, 3.8) is 0 Å². The van der Waals surface area contributed by atoms with Crippen molar-refractivity contribution < 1.29 is 4.79 Å². The lowest BCUT2D eigenvalue weighted by Crippen LogP contribution is -2.22. The molecule has 1 aromatic carbocycles. The molecule has 2 rings (SSSR count). The third-order valence-corrected chi connectivity index (χ3v) is 2.99. The Kier molecular flexibility index (Phi) is 4.10. The van der Waals surface area contributed by atoms with Gasteiger partial charge in [-0.3, -0.25) is 4.79 Å². The minimum Gasteiger partial charge on any atom is -0.348 e. The lowest BCUT2D eigenvalue weighted by atomic mass is 10.1. The summed E-state index contributed by atoms with van der Waals surface area (Å²) in [5, 5.41) is 2.87. The zero-order valence-corrected chi connectivity index (χ0v) is 11.6. The number of rotatable bonds is 3. The Labute approximate surface area is 114 Å². The molecule has 0 aliphatic heterocycles. The van der Waals surface area contributed by atoms with Crippen molar-refractivity contribution >= 4 is 21.8 Å². The molecule has 1 N–H and O–H groups in total. The molecule has 0 unspecified atom stereocenters. The standard InChI is InChI=1S/C14H13BrN2O/c1-10-3-2-4-11(7-10)8-17-14(18)12-5-6-13(15)16-9-12/h2-7,9H,8H2,1H3,(H,17,18). The summed E-state index contributed by atoms with van der Waals surface area (Å²) in [6.07, 6.45) is 1.55. The number of aromatic nitrogens is 1. The number of benzene rings is 1. The van der Waals surface area contributed by atoms with Crippen LogP contribution in [-0.2, 0) is 6.54 Å². The Bertz CT molecular complexity index is 552. The molecular weight excluding hydrogens is 292 g/mol. The molecule has 0 aliphatic rings. The van der Waals surface area contributed by atoms with Gasteiger partial charge in [-0.05, 0) is 40.5 Å². The summed E-state index contributed by atoms with van der Waals surface area (Å²) in [5.74, 6) is -0.114. The van der Waals surface area contributed by atoms with Gasteiger partial charge in [0.15, 0.2) is 0 Å². The minimum absolute atomic E-state index is 0.114. The monoisotopic (exact) mass is 304 g/mol. The van der Waals surface area contributed by atoms with Crippen LogP contribution in [0, 0.1) is 6.92 Å². The zero-order chi connectivity index (χ0) is 13.0. The number of halogens is 1. The lowest BCUT2D eigenvalue weighted by molar-refractivity contribution is 0.0950. The average Bonchev–Trinajstić information content (AvgIpc) is 2.37. The molecule has 0 bridgehead atoms. The van der Waals surface area contributed by atoms with Crippen LogP contribution in [0.4, 0.5) is 0 Å². The van der Waals surface area contributed by atoms with E-state index < -0.39 is 0 Å². The van der Waals surface area contributed by atoms with Crippen molar-refractivity contribution in [2.24, 2.45) is 0 Å². The van der Waals surface area contributed by atoms with Crippen molar-refractivity contribution in [3.05, 3.63) is 63.9 Å². The molecule has 3 nitrogen and oxygen atoms in total. The van der Waals surface area contributed by atoms with Gasteiger partial charge in [0.1, 0.15) is 4.60 Å². The summed E-state index contributed by atoms with van der Waals surface area (Å²) in [6, 6.07) is 11.6. The topological polar surface area (TPSA) is 42.0 Å². The SMILES string of the molecule is Cc1cccc(CNC(=O)c2ccc(Br)nc2)c1. The van der Waals surface area contributed by atoms with Crippen LogP contribution in [0.1, 0.15) is 21.5 Å². The molecule has 1 heterocycles. The van der Waals surface area contributed by atoms with Gasteiger partial charge in [0.25, 0.3) is 5.91 Å². The molecule has 0 fully saturated rings. The molecule has 92 valence electrons. The predicted octanol–water partition coefficient (Wildman–Crippen LogP) is 3.08. The van der Waals surface area contributed by atoms with E-state index in [1.165, 1.54) is 5.56 Å². The van der Waals surface area contributed by atoms with Crippen LogP contribution in [0.25, 0.3) is 0 Å². The second kappa shape index (κ2) is 5.78. The zero-order valence-electron chi connectivity index (χ0n) is 9.98. The highest BCUT2D eigenvalue weighted by atomic mass is 79.9. The van der Waals surface area contributed by atoms with Crippen molar-refractivity contribution in [2.75, 3.05) is 0 Å². The summed E-state index contributed by atoms with van der Waals surface area (Å²) < 4.78 is 0.720. The van der Waals surface area contributed by atoms with Gasteiger partial charge >= 0.3 is 0 Å². The maximum absolute atomic E-state index is 11.8. The maximum atomic E-state index is 11.8. The van der Waals surface area contributed by atoms with Crippen LogP contribution in [-0.4, -0.2) is 10.9 Å². The van der Waals surface area contributed by atoms with Gasteiger partial charge in [-0.2, -0.15) is 0 Å². The van der Waals surface area contributed by atoms with Crippen LogP contribution in [0.3, 0.4) is 0 Å². The van der Waals surface area contributed by atoms with Gasteiger partial charge in [-0.1, -0.05) is 29.8 Å². The summed E-state index contributed by atoms with van der Waals surface area (Å²) in [5.41, 5.74) is 2.84. The Morgan fingerprint density at radius 3 is 2.83 bits per heavy atom. The highest BCUT2D eigenvalue weighted by molar-refractivity contribution is 9.10. The second-order valence-corrected chi connectivity index (χ2v) is 4.85. The first kappa shape index (κ1) is 12.8. The number of aryl methyl sites for hydroxylation is 1. The van der Waals surface area contributed by atoms with Crippen molar-refractivity contribution in [1.29, 1.82) is 0 Å². The molecule has 0 aliphatic carbocycles. The largest absolute Gasteiger partial charge is 0.348 e. The van der Waals surface area contributed by atoms with E-state index >= 15 is 0 Å². The molecule has 1 amide bonds. The van der Waals surface area contributed by atoms with E-state index in [1.54, 1.807) is 18.3 Å². The molecule has 1 aromatic heterocycles. The summed E-state index contributed by atoms with van der Waals surface area (Å²) in [6.45, 7) is 2.56. The molecule has 0 atom stereocenters. The smallest absolute Gasteiger partial charge is 0.253 e. The van der Waals surface area contributed by atoms with E-state index in [4.69, 9.17) is 0 Å². The Morgan fingerprint density at radius 2 is 2.17 bits per heavy atom. The van der Waals surface area contributed by atoms with Crippen LogP contribution in [0.2, 0.25) is 0 Å². The number of nitrogens with zero attached hydrogens (tertiary/aromatic N) is 1. The minimum atomic E-state index is -0.114. The fourth-order valence-electron chi connectivity index (χ4n) is 1.62. The van der Waals surface area contributed by atoms with Gasteiger partial charge in [-0.15, -0.1) is 0 Å². The predicted molar refractivity (Wildman–Crippen MR) is 74.3 cm³/mol. The number of amides is 1. The highest BCUT2D eigenvalue weighted by Crippen LogP contribution is 2.07. The fraction of sp³-hybridized carbons (Fsp3) is 0.143. The first-order valence-corrected chi connectivity index (χ1v) is 6.40. The molecule has 0 spiro atoms. The van der Waals surface area contributed by atoms with Crippen molar-refractivity contribution in [1.82, 2.24) is 10.3 Å². The van der Waals surface area contributed by atoms with E-state index in [9.17, 15) is 4.79 Å². The van der Waals surface area contributed by atoms with E-state index in [0.717, 1.165) is 10.2 Å². The first-order valence-electron chi connectivity index (χ1n) is 5.60. The average molecular weight is 305 g/mol. The summed E-state index contributed by atoms with van der Waals surface area (Å²) in [4.78, 5) is 15.9. The third kappa shape index (κ3) is 3.40. The number of carbonyl (C=O) groups excluding carboxylic acids is 1. The first-order chi connectivity index (χ1) is 8.65. The Balaban J connectivity index is 1.98. The van der Waals surface area contributed by atoms with Crippen LogP contribution in [0.5, 0.6) is 0 Å². The van der Waals surface area contributed by atoms with Crippen LogP contribution >= 0.6 is 15.9 Å². The number of nitrogens with one attached hydrogen (secondary N) is 1. The summed E-state index contributed by atoms with van der Waals surface area (Å²) >= 11 is 3.24. The molecule has 2 aromatic rings. The van der Waals surface area contributed by atoms with Gasteiger partial charge in [0, 0.05) is 12.7 Å². The van der Waals surface area contributed by atoms with Gasteiger partial charge in [-0.25, -0.2) is 4.98 Å². The van der Waals surface area contributed by atoms with Crippen molar-refractivity contribution in [3.8, 4) is 0 Å². The molecule has 4 heteroatoms. The summed E-state index contributed by atoms with van der Waals surface area (Å²) in [7, 11) is 0. The van der Waals surface area contributed by atoms with E-state index in [2.05, 4.69) is 32.3 Å². The van der Waals surface area contributed by atoms with Crippen LogP contribution in [0.15, 0.2) is 47.2 Å². The van der Waals surface area contributed by atoms with Crippen molar-refractivity contribution in [2.45, 2.75) is 13.5 Å². The molecule has 0 saturated heterocycles. The number of hydrogen-bond donors (Lipinski definition) is 1. The lowest BCUT2D eigenvalue weighted by Gasteiger charge is -2.06. The van der Waals surface area contributed by atoms with Gasteiger partial charge in [0.2, 0.25) is 0 Å². The quantitative estimate of drug-likeness (QED) is 0.886. The van der Waals surface area contributed by atoms with Crippen LogP contribution < -0.4 is 5.32 Å². The van der Waals surface area contributed by atoms with Gasteiger partial charge in [0.05, 0.1) is 5.56 Å².